The highest BCUT2D eigenvalue weighted by Gasteiger charge is 1.87. The molecule has 0 aliphatic carbocycles. The lowest BCUT2D eigenvalue weighted by Crippen LogP contribution is -1.86. The molecule has 0 aliphatic heterocycles. The van der Waals surface area contributed by atoms with Crippen molar-refractivity contribution < 1.29 is 9.90 Å². The van der Waals surface area contributed by atoms with E-state index in [4.69, 9.17) is 5.11 Å². The molecule has 0 spiro atoms. The largest absolute Gasteiger partial charge is 0.478 e. The van der Waals surface area contributed by atoms with E-state index in [1.807, 2.05) is 0 Å². The van der Waals surface area contributed by atoms with Gasteiger partial charge >= 0.3 is 5.97 Å². The monoisotopic (exact) mass is 150 g/mol. The van der Waals surface area contributed by atoms with Crippen molar-refractivity contribution in [3.05, 3.63) is 30.1 Å². The van der Waals surface area contributed by atoms with Gasteiger partial charge in [-0.1, -0.05) is 0 Å². The van der Waals surface area contributed by atoms with E-state index in [-0.39, 0.29) is 0 Å². The first-order valence-corrected chi connectivity index (χ1v) is 2.97. The van der Waals surface area contributed by atoms with Gasteiger partial charge in [0.15, 0.2) is 0 Å². The Labute approximate surface area is 63.2 Å². The third-order valence-corrected chi connectivity index (χ3v) is 1.03. The van der Waals surface area contributed by atoms with Gasteiger partial charge in [-0.2, -0.15) is 10.2 Å². The van der Waals surface area contributed by atoms with Gasteiger partial charge in [-0.3, -0.25) is 0 Å². The van der Waals surface area contributed by atoms with Gasteiger partial charge in [0.25, 0.3) is 0 Å². The molecule has 0 atom stereocenters. The lowest BCUT2D eigenvalue weighted by Gasteiger charge is -1.86. The molecule has 0 amide bonds. The first-order chi connectivity index (χ1) is 5.29. The van der Waals surface area contributed by atoms with Crippen molar-refractivity contribution in [3.8, 4) is 0 Å². The third-order valence-electron chi connectivity index (χ3n) is 1.03. The molecule has 0 saturated heterocycles. The fraction of sp³-hybridized carbons (Fsp3) is 0. The molecule has 1 heterocycles. The summed E-state index contributed by atoms with van der Waals surface area (Å²) in [5, 5.41) is 15.4. The molecule has 4 nitrogen and oxygen atoms in total. The molecule has 0 unspecified atom stereocenters. The van der Waals surface area contributed by atoms with Gasteiger partial charge in [0.05, 0.1) is 12.4 Å². The molecule has 56 valence electrons. The van der Waals surface area contributed by atoms with E-state index in [1.165, 1.54) is 18.5 Å². The number of nitrogens with zero attached hydrogens (tertiary/aromatic N) is 2. The average Bonchev–Trinajstić information content (AvgIpc) is 2.03. The summed E-state index contributed by atoms with van der Waals surface area (Å²) in [5.41, 5.74) is 0.724. The summed E-state index contributed by atoms with van der Waals surface area (Å²) in [6, 6.07) is 1.67. The summed E-state index contributed by atoms with van der Waals surface area (Å²) in [4.78, 5) is 10.0. The smallest absolute Gasteiger partial charge is 0.328 e. The van der Waals surface area contributed by atoms with Gasteiger partial charge in [0.2, 0.25) is 0 Å². The maximum absolute atomic E-state index is 10.0. The maximum Gasteiger partial charge on any atom is 0.328 e. The van der Waals surface area contributed by atoms with Crippen LogP contribution < -0.4 is 0 Å². The number of aromatic nitrogens is 2. The number of rotatable bonds is 2. The highest BCUT2D eigenvalue weighted by Crippen LogP contribution is 1.95. The van der Waals surface area contributed by atoms with Crippen molar-refractivity contribution in [2.45, 2.75) is 0 Å². The van der Waals surface area contributed by atoms with Crippen molar-refractivity contribution in [2.75, 3.05) is 0 Å². The molecular formula is C7H6N2O2. The quantitative estimate of drug-likeness (QED) is 0.626. The van der Waals surface area contributed by atoms with E-state index in [1.54, 1.807) is 6.07 Å². The molecule has 1 rings (SSSR count). The molecule has 0 aromatic carbocycles. The highest BCUT2D eigenvalue weighted by atomic mass is 16.4. The van der Waals surface area contributed by atoms with Gasteiger partial charge in [-0.05, 0) is 17.7 Å². The number of aliphatic carboxylic acids is 1. The SMILES string of the molecule is O=C(O)C=Cc1ccnnc1. The minimum absolute atomic E-state index is 0.724. The standard InChI is InChI=1S/C7H6N2O2/c10-7(11)2-1-6-3-4-8-9-5-6/h1-5H,(H,10,11). The normalized spacial score (nSPS) is 10.2. The van der Waals surface area contributed by atoms with E-state index < -0.39 is 5.97 Å². The number of carboxylic acid groups (broad SMARTS) is 1. The van der Waals surface area contributed by atoms with Crippen LogP contribution in [0.4, 0.5) is 0 Å². The second-order valence-electron chi connectivity index (χ2n) is 1.85. The van der Waals surface area contributed by atoms with E-state index in [2.05, 4.69) is 10.2 Å². The summed E-state index contributed by atoms with van der Waals surface area (Å²) >= 11 is 0. The Morgan fingerprint density at radius 2 is 2.36 bits per heavy atom. The second-order valence-corrected chi connectivity index (χ2v) is 1.85. The van der Waals surface area contributed by atoms with E-state index in [0.717, 1.165) is 11.6 Å². The maximum atomic E-state index is 10.0. The summed E-state index contributed by atoms with van der Waals surface area (Å²) in [6.07, 6.45) is 5.50. The predicted octanol–water partition coefficient (Wildman–Crippen LogP) is 0.574. The minimum atomic E-state index is -0.971. The van der Waals surface area contributed by atoms with Crippen molar-refractivity contribution in [1.82, 2.24) is 10.2 Å². The molecule has 0 aliphatic rings. The molecule has 4 heteroatoms. The third kappa shape index (κ3) is 2.57. The average molecular weight is 150 g/mol. The fourth-order valence-corrected chi connectivity index (χ4v) is 0.567. The molecule has 0 saturated carbocycles. The van der Waals surface area contributed by atoms with Crippen LogP contribution in [0.2, 0.25) is 0 Å². The predicted molar refractivity (Wildman–Crippen MR) is 38.7 cm³/mol. The lowest BCUT2D eigenvalue weighted by molar-refractivity contribution is -0.131. The van der Waals surface area contributed by atoms with Crippen LogP contribution in [0, 0.1) is 0 Å². The van der Waals surface area contributed by atoms with Crippen molar-refractivity contribution >= 4 is 12.0 Å². The Bertz CT molecular complexity index is 269. The van der Waals surface area contributed by atoms with Crippen molar-refractivity contribution in [3.63, 3.8) is 0 Å². The molecule has 0 radical (unpaired) electrons. The van der Waals surface area contributed by atoms with E-state index in [9.17, 15) is 4.79 Å². The molecule has 1 aromatic heterocycles. The summed E-state index contributed by atoms with van der Waals surface area (Å²) in [7, 11) is 0. The Balaban J connectivity index is 2.72. The zero-order valence-electron chi connectivity index (χ0n) is 5.64. The number of carboxylic acids is 1. The first-order valence-electron chi connectivity index (χ1n) is 2.97. The first kappa shape index (κ1) is 7.40. The van der Waals surface area contributed by atoms with Gasteiger partial charge in [0.1, 0.15) is 0 Å². The van der Waals surface area contributed by atoms with E-state index in [0.29, 0.717) is 0 Å². The number of carbonyl (C=O) groups is 1. The van der Waals surface area contributed by atoms with Crippen LogP contribution >= 0.6 is 0 Å². The van der Waals surface area contributed by atoms with Gasteiger partial charge < -0.3 is 5.11 Å². The summed E-state index contributed by atoms with van der Waals surface area (Å²) in [5.74, 6) is -0.971. The van der Waals surface area contributed by atoms with Crippen molar-refractivity contribution in [2.24, 2.45) is 0 Å². The molecule has 1 N–H and O–H groups in total. The van der Waals surface area contributed by atoms with Crippen molar-refractivity contribution in [1.29, 1.82) is 0 Å². The van der Waals surface area contributed by atoms with Crippen LogP contribution in [0.15, 0.2) is 24.5 Å². The highest BCUT2D eigenvalue weighted by molar-refractivity contribution is 5.85. The van der Waals surface area contributed by atoms with Crippen LogP contribution in [0.3, 0.4) is 0 Å². The van der Waals surface area contributed by atoms with Crippen LogP contribution in [0.5, 0.6) is 0 Å². The molecule has 0 fully saturated rings. The van der Waals surface area contributed by atoms with Crippen LogP contribution in [-0.2, 0) is 4.79 Å². The Morgan fingerprint density at radius 3 is 2.91 bits per heavy atom. The lowest BCUT2D eigenvalue weighted by atomic mass is 10.3. The topological polar surface area (TPSA) is 63.1 Å². The number of hydrogen-bond acceptors (Lipinski definition) is 3. The Kier molecular flexibility index (Phi) is 2.32. The van der Waals surface area contributed by atoms with E-state index >= 15 is 0 Å². The minimum Gasteiger partial charge on any atom is -0.478 e. The van der Waals surface area contributed by atoms with Crippen LogP contribution in [0.1, 0.15) is 5.56 Å². The summed E-state index contributed by atoms with van der Waals surface area (Å²) in [6.45, 7) is 0. The van der Waals surface area contributed by atoms with Gasteiger partial charge in [0, 0.05) is 6.08 Å². The Morgan fingerprint density at radius 1 is 1.55 bits per heavy atom. The van der Waals surface area contributed by atoms with Crippen LogP contribution in [-0.4, -0.2) is 21.3 Å². The fourth-order valence-electron chi connectivity index (χ4n) is 0.567. The zero-order chi connectivity index (χ0) is 8.10. The van der Waals surface area contributed by atoms with Gasteiger partial charge in [-0.25, -0.2) is 4.79 Å². The molecule has 1 aromatic rings. The Hall–Kier alpha value is -1.71. The second kappa shape index (κ2) is 3.46. The number of hydrogen-bond donors (Lipinski definition) is 1. The van der Waals surface area contributed by atoms with Crippen LogP contribution in [0.25, 0.3) is 6.08 Å². The molecule has 0 bridgehead atoms. The summed E-state index contributed by atoms with van der Waals surface area (Å²) < 4.78 is 0. The zero-order valence-corrected chi connectivity index (χ0v) is 5.64. The molecular weight excluding hydrogens is 144 g/mol. The van der Waals surface area contributed by atoms with Gasteiger partial charge in [-0.15, -0.1) is 0 Å². The molecule has 11 heavy (non-hydrogen) atoms.